The summed E-state index contributed by atoms with van der Waals surface area (Å²) in [5, 5.41) is 8.84. The van der Waals surface area contributed by atoms with Crippen LogP contribution in [0.3, 0.4) is 0 Å². The Labute approximate surface area is 114 Å². The Hall–Kier alpha value is -2.22. The Balaban J connectivity index is 2.20. The number of likely N-dealkylation sites (tertiary alicyclic amines) is 1. The first-order valence-corrected chi connectivity index (χ1v) is 6.02. The van der Waals surface area contributed by atoms with Gasteiger partial charge in [-0.3, -0.25) is 24.1 Å². The highest BCUT2D eigenvalue weighted by Crippen LogP contribution is 2.26. The number of carbonyl (C=O) groups is 4. The van der Waals surface area contributed by atoms with Crippen molar-refractivity contribution in [3.8, 4) is 0 Å². The first kappa shape index (κ1) is 14.2. The van der Waals surface area contributed by atoms with Crippen LogP contribution in [-0.2, 0) is 23.9 Å². The molecule has 0 saturated carbocycles. The number of imide groups is 1. The monoisotopic (exact) mass is 282 g/mol. The molecule has 0 aliphatic carbocycles. The Morgan fingerprint density at radius 3 is 2.45 bits per heavy atom. The molecular weight excluding hydrogens is 268 g/mol. The first-order chi connectivity index (χ1) is 9.45. The van der Waals surface area contributed by atoms with Gasteiger partial charge in [0.25, 0.3) is 11.8 Å². The standard InChI is InChI=1S/C12H14N2O6/c1-20-6-7-4-8(12(19)13(7)5-11(17)18)14-9(15)2-3-10(14)16/h2-3,7-8H,4-6H2,1H3,(H,17,18)/t7-,8-/m0/s1. The number of carbonyl (C=O) groups excluding carboxylic acids is 3. The van der Waals surface area contributed by atoms with Crippen molar-refractivity contribution in [1.82, 2.24) is 9.80 Å². The number of hydrogen-bond donors (Lipinski definition) is 1. The predicted molar refractivity (Wildman–Crippen MR) is 64.4 cm³/mol. The van der Waals surface area contributed by atoms with E-state index in [4.69, 9.17) is 9.84 Å². The van der Waals surface area contributed by atoms with Gasteiger partial charge in [0.15, 0.2) is 0 Å². The van der Waals surface area contributed by atoms with E-state index in [-0.39, 0.29) is 13.0 Å². The summed E-state index contributed by atoms with van der Waals surface area (Å²) in [7, 11) is 1.43. The summed E-state index contributed by atoms with van der Waals surface area (Å²) >= 11 is 0. The molecule has 1 N–H and O–H groups in total. The number of nitrogens with zero attached hydrogens (tertiary/aromatic N) is 2. The second kappa shape index (κ2) is 5.41. The van der Waals surface area contributed by atoms with Crippen LogP contribution in [-0.4, -0.2) is 70.9 Å². The summed E-state index contributed by atoms with van der Waals surface area (Å²) in [6, 6.07) is -1.42. The molecule has 2 aliphatic heterocycles. The number of ether oxygens (including phenoxy) is 1. The summed E-state index contributed by atoms with van der Waals surface area (Å²) in [5.41, 5.74) is 0. The van der Waals surface area contributed by atoms with Crippen LogP contribution in [0.25, 0.3) is 0 Å². The Bertz CT molecular complexity index is 482. The average Bonchev–Trinajstić information content (AvgIpc) is 2.84. The van der Waals surface area contributed by atoms with Crippen LogP contribution < -0.4 is 0 Å². The smallest absolute Gasteiger partial charge is 0.323 e. The minimum Gasteiger partial charge on any atom is -0.480 e. The van der Waals surface area contributed by atoms with Crippen molar-refractivity contribution in [3.63, 3.8) is 0 Å². The molecule has 3 amide bonds. The van der Waals surface area contributed by atoms with Crippen molar-refractivity contribution in [2.24, 2.45) is 0 Å². The van der Waals surface area contributed by atoms with Crippen molar-refractivity contribution in [1.29, 1.82) is 0 Å². The zero-order chi connectivity index (χ0) is 14.9. The van der Waals surface area contributed by atoms with Crippen LogP contribution >= 0.6 is 0 Å². The van der Waals surface area contributed by atoms with Gasteiger partial charge in [-0.25, -0.2) is 0 Å². The fourth-order valence-corrected chi connectivity index (χ4v) is 2.50. The van der Waals surface area contributed by atoms with E-state index < -0.39 is 42.3 Å². The van der Waals surface area contributed by atoms with Gasteiger partial charge in [-0.15, -0.1) is 0 Å². The number of methoxy groups -OCH3 is 1. The van der Waals surface area contributed by atoms with Crippen LogP contribution in [0.2, 0.25) is 0 Å². The zero-order valence-electron chi connectivity index (χ0n) is 10.8. The normalized spacial score (nSPS) is 25.9. The van der Waals surface area contributed by atoms with Gasteiger partial charge in [0, 0.05) is 25.7 Å². The summed E-state index contributed by atoms with van der Waals surface area (Å²) < 4.78 is 4.96. The Morgan fingerprint density at radius 2 is 1.95 bits per heavy atom. The van der Waals surface area contributed by atoms with Gasteiger partial charge in [-0.05, 0) is 0 Å². The van der Waals surface area contributed by atoms with E-state index in [1.165, 1.54) is 7.11 Å². The molecule has 108 valence electrons. The number of hydrogen-bond acceptors (Lipinski definition) is 5. The van der Waals surface area contributed by atoms with Gasteiger partial charge in [0.05, 0.1) is 12.6 Å². The Morgan fingerprint density at radius 1 is 1.35 bits per heavy atom. The highest BCUT2D eigenvalue weighted by atomic mass is 16.5. The van der Waals surface area contributed by atoms with Crippen LogP contribution in [0.15, 0.2) is 12.2 Å². The summed E-state index contributed by atoms with van der Waals surface area (Å²) in [6.07, 6.45) is 2.38. The maximum absolute atomic E-state index is 12.2. The average molecular weight is 282 g/mol. The molecule has 0 aromatic carbocycles. The maximum Gasteiger partial charge on any atom is 0.323 e. The quantitative estimate of drug-likeness (QED) is 0.623. The third-order valence-corrected chi connectivity index (χ3v) is 3.32. The topological polar surface area (TPSA) is 104 Å². The van der Waals surface area contributed by atoms with Crippen molar-refractivity contribution >= 4 is 23.7 Å². The molecule has 0 radical (unpaired) electrons. The van der Waals surface area contributed by atoms with Gasteiger partial charge in [0.1, 0.15) is 12.6 Å². The van der Waals surface area contributed by atoms with Gasteiger partial charge in [0.2, 0.25) is 5.91 Å². The molecule has 0 aromatic rings. The fraction of sp³-hybridized carbons (Fsp3) is 0.500. The molecule has 0 aromatic heterocycles. The molecule has 2 aliphatic rings. The number of aliphatic carboxylic acids is 1. The van der Waals surface area contributed by atoms with Gasteiger partial charge < -0.3 is 14.7 Å². The molecule has 2 atom stereocenters. The molecule has 0 spiro atoms. The second-order valence-electron chi connectivity index (χ2n) is 4.60. The summed E-state index contributed by atoms with van der Waals surface area (Å²) in [4.78, 5) is 48.3. The predicted octanol–water partition coefficient (Wildman–Crippen LogP) is -1.39. The van der Waals surface area contributed by atoms with Crippen molar-refractivity contribution in [3.05, 3.63) is 12.2 Å². The Kier molecular flexibility index (Phi) is 3.84. The lowest BCUT2D eigenvalue weighted by Gasteiger charge is -2.22. The molecule has 2 rings (SSSR count). The number of carboxylic acids is 1. The van der Waals surface area contributed by atoms with E-state index in [2.05, 4.69) is 0 Å². The molecule has 0 unspecified atom stereocenters. The van der Waals surface area contributed by atoms with E-state index in [1.807, 2.05) is 0 Å². The second-order valence-corrected chi connectivity index (χ2v) is 4.60. The van der Waals surface area contributed by atoms with E-state index in [9.17, 15) is 19.2 Å². The molecule has 1 saturated heterocycles. The minimum absolute atomic E-state index is 0.152. The van der Waals surface area contributed by atoms with Crippen LogP contribution in [0.1, 0.15) is 6.42 Å². The molecule has 8 heteroatoms. The van der Waals surface area contributed by atoms with Crippen LogP contribution in [0.5, 0.6) is 0 Å². The summed E-state index contributed by atoms with van der Waals surface area (Å²) in [5.74, 6) is -2.81. The number of carboxylic acid groups (broad SMARTS) is 1. The molecule has 20 heavy (non-hydrogen) atoms. The van der Waals surface area contributed by atoms with Crippen molar-refractivity contribution in [2.45, 2.75) is 18.5 Å². The van der Waals surface area contributed by atoms with Crippen LogP contribution in [0, 0.1) is 0 Å². The van der Waals surface area contributed by atoms with E-state index in [0.717, 1.165) is 22.0 Å². The van der Waals surface area contributed by atoms with Gasteiger partial charge in [-0.1, -0.05) is 0 Å². The fourth-order valence-electron chi connectivity index (χ4n) is 2.50. The number of amides is 3. The van der Waals surface area contributed by atoms with Crippen molar-refractivity contribution < 1.29 is 29.0 Å². The summed E-state index contributed by atoms with van der Waals surface area (Å²) in [6.45, 7) is -0.327. The molecule has 8 nitrogen and oxygen atoms in total. The lowest BCUT2D eigenvalue weighted by molar-refractivity contribution is -0.149. The van der Waals surface area contributed by atoms with Gasteiger partial charge in [-0.2, -0.15) is 0 Å². The highest BCUT2D eigenvalue weighted by molar-refractivity contribution is 6.15. The third-order valence-electron chi connectivity index (χ3n) is 3.32. The molecular formula is C12H14N2O6. The zero-order valence-corrected chi connectivity index (χ0v) is 10.8. The SMILES string of the molecule is COC[C@@H]1C[C@H](N2C(=O)C=CC2=O)C(=O)N1CC(=O)O. The number of rotatable bonds is 5. The molecule has 1 fully saturated rings. The van der Waals surface area contributed by atoms with Gasteiger partial charge >= 0.3 is 5.97 Å². The third kappa shape index (κ3) is 2.42. The highest BCUT2D eigenvalue weighted by Gasteiger charge is 2.47. The minimum atomic E-state index is -1.16. The molecule has 0 bridgehead atoms. The lowest BCUT2D eigenvalue weighted by Crippen LogP contribution is -2.46. The maximum atomic E-state index is 12.2. The largest absolute Gasteiger partial charge is 0.480 e. The van der Waals surface area contributed by atoms with E-state index in [1.54, 1.807) is 0 Å². The van der Waals surface area contributed by atoms with Crippen LogP contribution in [0.4, 0.5) is 0 Å². The van der Waals surface area contributed by atoms with E-state index in [0.29, 0.717) is 0 Å². The first-order valence-electron chi connectivity index (χ1n) is 6.02. The lowest BCUT2D eigenvalue weighted by atomic mass is 10.1. The van der Waals surface area contributed by atoms with E-state index >= 15 is 0 Å². The van der Waals surface area contributed by atoms with Crippen molar-refractivity contribution in [2.75, 3.05) is 20.3 Å². The molecule has 2 heterocycles.